The molecule has 0 spiro atoms. The van der Waals surface area contributed by atoms with Crippen LogP contribution >= 0.6 is 0 Å². The van der Waals surface area contributed by atoms with Crippen molar-refractivity contribution in [1.82, 2.24) is 3.90 Å². The molecule has 1 atom stereocenters. The summed E-state index contributed by atoms with van der Waals surface area (Å²) in [4.78, 5) is 0. The minimum Gasteiger partial charge on any atom is -0.359 e. The van der Waals surface area contributed by atoms with E-state index in [-0.39, 0.29) is 0 Å². The van der Waals surface area contributed by atoms with Gasteiger partial charge >= 0.3 is 0 Å². The average Bonchev–Trinajstić information content (AvgIpc) is 1.49. The third kappa shape index (κ3) is 3.53. The Balaban J connectivity index is 4.70. The predicted molar refractivity (Wildman–Crippen MR) is 65.7 cm³/mol. The first kappa shape index (κ1) is 12.6. The zero-order valence-corrected chi connectivity index (χ0v) is 12.8. The molecule has 0 aromatic rings. The second kappa shape index (κ2) is 3.75. The average molecular weight is 221 g/mol. The van der Waals surface area contributed by atoms with E-state index in [4.69, 9.17) is 5.40 Å². The van der Waals surface area contributed by atoms with Crippen molar-refractivity contribution in [2.24, 2.45) is 5.40 Å². The fourth-order valence-corrected chi connectivity index (χ4v) is 20.1. The predicted octanol–water partition coefficient (Wildman–Crippen LogP) is 1.77. The molecule has 0 aliphatic rings. The Labute approximate surface area is 81.1 Å². The van der Waals surface area contributed by atoms with E-state index in [1.165, 1.54) is 0 Å². The molecule has 0 saturated heterocycles. The van der Waals surface area contributed by atoms with Gasteiger partial charge in [0.05, 0.1) is 0 Å². The van der Waals surface area contributed by atoms with Crippen LogP contribution in [0.1, 0.15) is 0 Å². The van der Waals surface area contributed by atoms with Crippen LogP contribution in [0.15, 0.2) is 0 Å². The summed E-state index contributed by atoms with van der Waals surface area (Å²) in [7, 11) is -3.39. The smallest absolute Gasteiger partial charge is 0.168 e. The number of nitrogens with zero attached hydrogens (tertiary/aromatic N) is 1. The Kier molecular flexibility index (Phi) is 3.93. The van der Waals surface area contributed by atoms with Crippen molar-refractivity contribution in [2.45, 2.75) is 45.8 Å². The first-order chi connectivity index (χ1) is 5.07. The summed E-state index contributed by atoms with van der Waals surface area (Å²) in [5, 5.41) is 6.14. The molecule has 5 heteroatoms. The van der Waals surface area contributed by atoms with Crippen LogP contribution in [0.25, 0.3) is 0 Å². The monoisotopic (exact) mass is 220 g/mol. The van der Waals surface area contributed by atoms with E-state index >= 15 is 0 Å². The standard InChI is InChI=1S/C7H24N2Si3/c1-10(8)9(11(2,3)4)12(5,6)7/h10H,8H2,1-7H3. The van der Waals surface area contributed by atoms with Crippen molar-refractivity contribution in [3.05, 3.63) is 0 Å². The molecule has 0 saturated carbocycles. The van der Waals surface area contributed by atoms with Gasteiger partial charge in [0.2, 0.25) is 0 Å². The van der Waals surface area contributed by atoms with Crippen molar-refractivity contribution in [2.75, 3.05) is 0 Å². The molecule has 0 heterocycles. The highest BCUT2D eigenvalue weighted by molar-refractivity contribution is 6.98. The largest absolute Gasteiger partial charge is 0.359 e. The Morgan fingerprint density at radius 3 is 1.17 bits per heavy atom. The Morgan fingerprint density at radius 2 is 1.17 bits per heavy atom. The topological polar surface area (TPSA) is 29.3 Å². The summed E-state index contributed by atoms with van der Waals surface area (Å²) in [5.74, 6) is 0. The second-order valence-electron chi connectivity index (χ2n) is 5.45. The van der Waals surface area contributed by atoms with Crippen molar-refractivity contribution in [3.63, 3.8) is 0 Å². The fourth-order valence-electron chi connectivity index (χ4n) is 2.23. The zero-order chi connectivity index (χ0) is 10.2. The fraction of sp³-hybridized carbons (Fsp3) is 1.00. The highest BCUT2D eigenvalue weighted by Gasteiger charge is 2.36. The van der Waals surface area contributed by atoms with Gasteiger partial charge in [-0.15, -0.1) is 0 Å². The molecule has 2 nitrogen and oxygen atoms in total. The quantitative estimate of drug-likeness (QED) is 0.735. The summed E-state index contributed by atoms with van der Waals surface area (Å²) in [6, 6.07) is 0. The molecule has 0 aliphatic carbocycles. The maximum absolute atomic E-state index is 6.14. The first-order valence-electron chi connectivity index (χ1n) is 4.62. The highest BCUT2D eigenvalue weighted by Crippen LogP contribution is 2.19. The molecule has 0 fully saturated rings. The lowest BCUT2D eigenvalue weighted by molar-refractivity contribution is 0.921. The molecular weight excluding hydrogens is 196 g/mol. The normalized spacial score (nSPS) is 16.8. The number of hydrogen-bond donors (Lipinski definition) is 1. The number of hydrogen-bond acceptors (Lipinski definition) is 2. The van der Waals surface area contributed by atoms with Gasteiger partial charge in [-0.25, -0.2) is 0 Å². The van der Waals surface area contributed by atoms with Crippen molar-refractivity contribution < 1.29 is 0 Å². The molecule has 0 aromatic carbocycles. The van der Waals surface area contributed by atoms with Crippen LogP contribution in [0, 0.1) is 0 Å². The van der Waals surface area contributed by atoms with E-state index < -0.39 is 25.6 Å². The summed E-state index contributed by atoms with van der Waals surface area (Å²) < 4.78 is 2.74. The van der Waals surface area contributed by atoms with Crippen LogP contribution in [0.2, 0.25) is 45.8 Å². The minimum atomic E-state index is -1.15. The van der Waals surface area contributed by atoms with Crippen LogP contribution in [0.3, 0.4) is 0 Å². The van der Waals surface area contributed by atoms with Gasteiger partial charge in [-0.3, -0.25) is 0 Å². The molecule has 2 N–H and O–H groups in total. The summed E-state index contributed by atoms with van der Waals surface area (Å²) in [5.41, 5.74) is 0. The van der Waals surface area contributed by atoms with E-state index in [1.54, 1.807) is 0 Å². The van der Waals surface area contributed by atoms with Crippen LogP contribution < -0.4 is 5.40 Å². The first-order valence-corrected chi connectivity index (χ1v) is 13.8. The third-order valence-corrected chi connectivity index (χ3v) is 16.7. The molecule has 0 amide bonds. The van der Waals surface area contributed by atoms with Crippen LogP contribution in [-0.2, 0) is 0 Å². The van der Waals surface area contributed by atoms with Crippen molar-refractivity contribution >= 4 is 25.6 Å². The Morgan fingerprint density at radius 1 is 0.917 bits per heavy atom. The Hall–Kier alpha value is 0.571. The van der Waals surface area contributed by atoms with E-state index in [2.05, 4.69) is 49.7 Å². The summed E-state index contributed by atoms with van der Waals surface area (Å²) in [6.07, 6.45) is 0. The maximum atomic E-state index is 6.14. The van der Waals surface area contributed by atoms with E-state index in [9.17, 15) is 0 Å². The van der Waals surface area contributed by atoms with Gasteiger partial charge in [0.1, 0.15) is 16.5 Å². The molecule has 74 valence electrons. The van der Waals surface area contributed by atoms with Crippen molar-refractivity contribution in [3.8, 4) is 0 Å². The third-order valence-electron chi connectivity index (χ3n) is 1.85. The summed E-state index contributed by atoms with van der Waals surface area (Å²) >= 11 is 0. The molecule has 0 radical (unpaired) electrons. The molecular formula is C7H24N2Si3. The van der Waals surface area contributed by atoms with Gasteiger partial charge in [-0.1, -0.05) is 39.3 Å². The van der Waals surface area contributed by atoms with Gasteiger partial charge in [0.15, 0.2) is 9.12 Å². The van der Waals surface area contributed by atoms with Gasteiger partial charge in [0.25, 0.3) is 0 Å². The lowest BCUT2D eigenvalue weighted by atomic mass is 11.8. The maximum Gasteiger partial charge on any atom is 0.168 e. The minimum absolute atomic E-state index is 1.08. The molecule has 1 unspecified atom stereocenters. The van der Waals surface area contributed by atoms with Crippen LogP contribution in [0.4, 0.5) is 0 Å². The lowest BCUT2D eigenvalue weighted by Crippen LogP contribution is -2.67. The zero-order valence-electron chi connectivity index (χ0n) is 9.60. The lowest BCUT2D eigenvalue weighted by Gasteiger charge is -2.46. The number of rotatable bonds is 3. The highest BCUT2D eigenvalue weighted by atomic mass is 28.5. The molecule has 0 aromatic heterocycles. The number of nitrogens with two attached hydrogens (primary N) is 1. The second-order valence-corrected chi connectivity index (χ2v) is 18.6. The van der Waals surface area contributed by atoms with Gasteiger partial charge in [-0.05, 0) is 6.55 Å². The van der Waals surface area contributed by atoms with Gasteiger partial charge < -0.3 is 9.30 Å². The SMILES string of the molecule is C[SiH](N)N([Si](C)(C)C)[Si](C)(C)C. The van der Waals surface area contributed by atoms with E-state index in [0.29, 0.717) is 0 Å². The van der Waals surface area contributed by atoms with Gasteiger partial charge in [0, 0.05) is 0 Å². The summed E-state index contributed by atoms with van der Waals surface area (Å²) in [6.45, 7) is 16.7. The van der Waals surface area contributed by atoms with Crippen LogP contribution in [-0.4, -0.2) is 29.5 Å². The molecule has 0 bridgehead atoms. The molecule has 0 aliphatic heterocycles. The van der Waals surface area contributed by atoms with E-state index in [1.807, 2.05) is 0 Å². The van der Waals surface area contributed by atoms with Gasteiger partial charge in [-0.2, -0.15) is 0 Å². The van der Waals surface area contributed by atoms with E-state index in [0.717, 1.165) is 0 Å². The van der Waals surface area contributed by atoms with Crippen molar-refractivity contribution in [1.29, 1.82) is 0 Å². The molecule has 12 heavy (non-hydrogen) atoms. The van der Waals surface area contributed by atoms with Crippen LogP contribution in [0.5, 0.6) is 0 Å². The Bertz CT molecular complexity index is 132. The molecule has 0 rings (SSSR count).